The molecule has 4 nitrogen and oxygen atoms in total. The second-order valence-electron chi connectivity index (χ2n) is 2.97. The number of hydrogen-bond acceptors (Lipinski definition) is 4. The smallest absolute Gasteiger partial charge is 0.0912 e. The zero-order chi connectivity index (χ0) is 9.10. The zero-order valence-electron chi connectivity index (χ0n) is 7.18. The molecule has 2 N–H and O–H groups in total. The van der Waals surface area contributed by atoms with Crippen LogP contribution in [-0.2, 0) is 4.74 Å². The van der Waals surface area contributed by atoms with Gasteiger partial charge in [0, 0.05) is 12.6 Å². The lowest BCUT2D eigenvalue weighted by Crippen LogP contribution is -2.12. The van der Waals surface area contributed by atoms with E-state index >= 15 is 0 Å². The van der Waals surface area contributed by atoms with Gasteiger partial charge in [-0.1, -0.05) is 0 Å². The molecule has 0 aromatic carbocycles. The Balaban J connectivity index is 2.17. The van der Waals surface area contributed by atoms with Crippen LogP contribution in [0.4, 0.5) is 0 Å². The van der Waals surface area contributed by atoms with E-state index in [1.54, 1.807) is 18.7 Å². The average Bonchev–Trinajstić information content (AvgIpc) is 2.71. The fourth-order valence-corrected chi connectivity index (χ4v) is 1.33. The van der Waals surface area contributed by atoms with Gasteiger partial charge in [0.25, 0.3) is 0 Å². The normalized spacial score (nSPS) is 17.8. The zero-order valence-corrected chi connectivity index (χ0v) is 7.18. The van der Waals surface area contributed by atoms with Gasteiger partial charge in [0.1, 0.15) is 0 Å². The molecule has 1 aliphatic rings. The lowest BCUT2D eigenvalue weighted by Gasteiger charge is -2.10. The molecule has 68 valence electrons. The maximum atomic E-state index is 5.98. The molecule has 13 heavy (non-hydrogen) atoms. The van der Waals surface area contributed by atoms with Crippen molar-refractivity contribution < 1.29 is 4.74 Å². The largest absolute Gasteiger partial charge is 0.501 e. The van der Waals surface area contributed by atoms with Crippen molar-refractivity contribution in [1.29, 1.82) is 0 Å². The highest BCUT2D eigenvalue weighted by Gasteiger charge is 2.15. The van der Waals surface area contributed by atoms with Crippen molar-refractivity contribution in [2.75, 3.05) is 6.61 Å². The van der Waals surface area contributed by atoms with E-state index in [9.17, 15) is 0 Å². The number of aromatic nitrogens is 2. The molecular formula is C9H11N3O. The van der Waals surface area contributed by atoms with Gasteiger partial charge in [0.15, 0.2) is 0 Å². The van der Waals surface area contributed by atoms with Crippen LogP contribution in [0.1, 0.15) is 18.0 Å². The van der Waals surface area contributed by atoms with Gasteiger partial charge < -0.3 is 10.5 Å². The molecule has 0 saturated carbocycles. The summed E-state index contributed by atoms with van der Waals surface area (Å²) >= 11 is 0. The van der Waals surface area contributed by atoms with Crippen molar-refractivity contribution in [3.8, 4) is 0 Å². The third kappa shape index (κ3) is 1.67. The van der Waals surface area contributed by atoms with Crippen LogP contribution < -0.4 is 5.73 Å². The minimum atomic E-state index is -0.0991. The van der Waals surface area contributed by atoms with E-state index in [1.807, 2.05) is 6.07 Å². The summed E-state index contributed by atoms with van der Waals surface area (Å²) in [5.74, 6) is 0. The van der Waals surface area contributed by atoms with Crippen molar-refractivity contribution in [1.82, 2.24) is 10.2 Å². The number of ether oxygens (including phenoxy) is 1. The van der Waals surface area contributed by atoms with E-state index in [-0.39, 0.29) is 6.04 Å². The molecule has 0 amide bonds. The van der Waals surface area contributed by atoms with E-state index in [0.717, 1.165) is 24.2 Å². The van der Waals surface area contributed by atoms with Crippen LogP contribution in [0.5, 0.6) is 0 Å². The van der Waals surface area contributed by atoms with Gasteiger partial charge in [-0.3, -0.25) is 0 Å². The summed E-state index contributed by atoms with van der Waals surface area (Å²) in [6.45, 7) is 0.738. The Bertz CT molecular complexity index is 310. The van der Waals surface area contributed by atoms with E-state index in [2.05, 4.69) is 10.2 Å². The van der Waals surface area contributed by atoms with Gasteiger partial charge in [-0.2, -0.15) is 10.2 Å². The van der Waals surface area contributed by atoms with E-state index < -0.39 is 0 Å². The first kappa shape index (κ1) is 8.19. The van der Waals surface area contributed by atoms with Gasteiger partial charge in [-0.25, -0.2) is 0 Å². The summed E-state index contributed by atoms with van der Waals surface area (Å²) in [5.41, 5.74) is 8.08. The third-order valence-corrected chi connectivity index (χ3v) is 2.11. The number of rotatable bonds is 2. The standard InChI is InChI=1S/C9H11N3O/c10-9(8-2-4-13-6-8)7-1-3-11-12-5-7/h1,3,5-6,9H,2,4,10H2. The molecule has 0 spiro atoms. The lowest BCUT2D eigenvalue weighted by molar-refractivity contribution is 0.281. The molecule has 1 aliphatic heterocycles. The lowest BCUT2D eigenvalue weighted by atomic mass is 10.0. The Morgan fingerprint density at radius 1 is 1.46 bits per heavy atom. The maximum absolute atomic E-state index is 5.98. The minimum Gasteiger partial charge on any atom is -0.501 e. The molecule has 2 heterocycles. The SMILES string of the molecule is NC(C1=COCC1)c1ccnnc1. The highest BCUT2D eigenvalue weighted by Crippen LogP contribution is 2.23. The molecule has 4 heteroatoms. The van der Waals surface area contributed by atoms with Crippen molar-refractivity contribution in [3.05, 3.63) is 35.9 Å². The number of hydrogen-bond donors (Lipinski definition) is 1. The van der Waals surface area contributed by atoms with Crippen LogP contribution >= 0.6 is 0 Å². The van der Waals surface area contributed by atoms with Gasteiger partial charge in [-0.05, 0) is 17.2 Å². The first-order valence-electron chi connectivity index (χ1n) is 4.20. The monoisotopic (exact) mass is 177 g/mol. The van der Waals surface area contributed by atoms with Crippen LogP contribution in [0, 0.1) is 0 Å². The van der Waals surface area contributed by atoms with Crippen molar-refractivity contribution >= 4 is 0 Å². The van der Waals surface area contributed by atoms with Gasteiger partial charge in [0.2, 0.25) is 0 Å². The highest BCUT2D eigenvalue weighted by atomic mass is 16.5. The van der Waals surface area contributed by atoms with E-state index in [0.29, 0.717) is 0 Å². The Kier molecular flexibility index (Phi) is 2.23. The fraction of sp³-hybridized carbons (Fsp3) is 0.333. The predicted molar refractivity (Wildman–Crippen MR) is 47.6 cm³/mol. The van der Waals surface area contributed by atoms with Crippen LogP contribution in [-0.4, -0.2) is 16.8 Å². The molecule has 1 unspecified atom stereocenters. The molecule has 0 bridgehead atoms. The first-order valence-corrected chi connectivity index (χ1v) is 4.20. The Hall–Kier alpha value is -1.42. The molecule has 0 fully saturated rings. The summed E-state index contributed by atoms with van der Waals surface area (Å²) in [6.07, 6.45) is 5.98. The van der Waals surface area contributed by atoms with Crippen molar-refractivity contribution in [2.45, 2.75) is 12.5 Å². The second kappa shape index (κ2) is 3.53. The first-order chi connectivity index (χ1) is 6.38. The van der Waals surface area contributed by atoms with Crippen LogP contribution in [0.25, 0.3) is 0 Å². The third-order valence-electron chi connectivity index (χ3n) is 2.11. The fourth-order valence-electron chi connectivity index (χ4n) is 1.33. The predicted octanol–water partition coefficient (Wildman–Crippen LogP) is 0.781. The van der Waals surface area contributed by atoms with Gasteiger partial charge in [0.05, 0.1) is 25.1 Å². The van der Waals surface area contributed by atoms with Crippen molar-refractivity contribution in [2.24, 2.45) is 5.73 Å². The number of nitrogens with zero attached hydrogens (tertiary/aromatic N) is 2. The summed E-state index contributed by atoms with van der Waals surface area (Å²) in [7, 11) is 0. The topological polar surface area (TPSA) is 61.0 Å². The van der Waals surface area contributed by atoms with Crippen LogP contribution in [0.3, 0.4) is 0 Å². The van der Waals surface area contributed by atoms with Gasteiger partial charge in [-0.15, -0.1) is 0 Å². The molecule has 1 atom stereocenters. The summed E-state index contributed by atoms with van der Waals surface area (Å²) < 4.78 is 5.12. The molecule has 0 radical (unpaired) electrons. The number of nitrogens with two attached hydrogens (primary N) is 1. The summed E-state index contributed by atoms with van der Waals surface area (Å²) in [6, 6.07) is 1.77. The van der Waals surface area contributed by atoms with Crippen LogP contribution in [0.15, 0.2) is 30.3 Å². The highest BCUT2D eigenvalue weighted by molar-refractivity contribution is 5.24. The maximum Gasteiger partial charge on any atom is 0.0912 e. The summed E-state index contributed by atoms with van der Waals surface area (Å²) in [5, 5.41) is 7.48. The minimum absolute atomic E-state index is 0.0991. The second-order valence-corrected chi connectivity index (χ2v) is 2.97. The van der Waals surface area contributed by atoms with Crippen molar-refractivity contribution in [3.63, 3.8) is 0 Å². The van der Waals surface area contributed by atoms with E-state index in [1.165, 1.54) is 0 Å². The van der Waals surface area contributed by atoms with Gasteiger partial charge >= 0.3 is 0 Å². The molecule has 1 aromatic heterocycles. The Morgan fingerprint density at radius 3 is 3.00 bits per heavy atom. The van der Waals surface area contributed by atoms with E-state index in [4.69, 9.17) is 10.5 Å². The molecule has 1 aromatic rings. The quantitative estimate of drug-likeness (QED) is 0.725. The van der Waals surface area contributed by atoms with Crippen LogP contribution in [0.2, 0.25) is 0 Å². The molecule has 0 saturated heterocycles. The molecule has 2 rings (SSSR count). The summed E-state index contributed by atoms with van der Waals surface area (Å²) in [4.78, 5) is 0. The average molecular weight is 177 g/mol. The Morgan fingerprint density at radius 2 is 2.38 bits per heavy atom. The molecule has 0 aliphatic carbocycles. The molecular weight excluding hydrogens is 166 g/mol. The Labute approximate surface area is 76.4 Å².